The highest BCUT2D eigenvalue weighted by atomic mass is 16.5. The Morgan fingerprint density at radius 1 is 1.07 bits per heavy atom. The number of amides is 2. The minimum atomic E-state index is -0.0819. The second-order valence-electron chi connectivity index (χ2n) is 7.02. The molecule has 5 heteroatoms. The Bertz CT molecular complexity index is 780. The molecule has 3 rings (SSSR count). The maximum absolute atomic E-state index is 12.2. The van der Waals surface area contributed by atoms with Gasteiger partial charge in [-0.3, -0.25) is 9.59 Å². The molecular weight excluding hydrogens is 340 g/mol. The lowest BCUT2D eigenvalue weighted by Gasteiger charge is -2.15. The molecule has 2 aromatic rings. The first-order valence-electron chi connectivity index (χ1n) is 9.38. The minimum absolute atomic E-state index is 0.0180. The summed E-state index contributed by atoms with van der Waals surface area (Å²) in [6.45, 7) is 1.96. The van der Waals surface area contributed by atoms with Crippen molar-refractivity contribution >= 4 is 17.5 Å². The van der Waals surface area contributed by atoms with Crippen LogP contribution in [0.3, 0.4) is 0 Å². The average Bonchev–Trinajstić information content (AvgIpc) is 3.52. The molecule has 0 heterocycles. The highest BCUT2D eigenvalue weighted by molar-refractivity contribution is 5.94. The molecule has 5 nitrogen and oxygen atoms in total. The molecule has 1 saturated carbocycles. The van der Waals surface area contributed by atoms with E-state index >= 15 is 0 Å². The summed E-state index contributed by atoms with van der Waals surface area (Å²) in [6.07, 6.45) is 3.11. The molecule has 1 aliphatic rings. The van der Waals surface area contributed by atoms with E-state index in [2.05, 4.69) is 10.6 Å². The number of hydrogen-bond donors (Lipinski definition) is 2. The number of rotatable bonds is 8. The standard InChI is InChI=1S/C22H26N2O3/c1-15(17-8-10-19(11-9-17)24-22(26)18-6-7-18)23-21(25)14-5-16-3-12-20(27-2)13-4-16/h3-4,8-13,15,18H,5-7,14H2,1-2H3,(H,23,25)(H,24,26). The number of carbonyl (C=O) groups is 2. The number of methoxy groups -OCH3 is 1. The molecule has 0 aromatic heterocycles. The van der Waals surface area contributed by atoms with Gasteiger partial charge in [0.15, 0.2) is 0 Å². The van der Waals surface area contributed by atoms with E-state index in [1.165, 1.54) is 0 Å². The lowest BCUT2D eigenvalue weighted by Crippen LogP contribution is -2.26. The zero-order chi connectivity index (χ0) is 19.2. The van der Waals surface area contributed by atoms with Crippen LogP contribution in [0.2, 0.25) is 0 Å². The van der Waals surface area contributed by atoms with Gasteiger partial charge >= 0.3 is 0 Å². The summed E-state index contributed by atoms with van der Waals surface area (Å²) in [7, 11) is 1.64. The van der Waals surface area contributed by atoms with Crippen LogP contribution in [0.25, 0.3) is 0 Å². The lowest BCUT2D eigenvalue weighted by molar-refractivity contribution is -0.121. The molecule has 2 aromatic carbocycles. The van der Waals surface area contributed by atoms with E-state index in [-0.39, 0.29) is 23.8 Å². The van der Waals surface area contributed by atoms with Gasteiger partial charge in [-0.1, -0.05) is 24.3 Å². The Balaban J connectivity index is 1.46. The Morgan fingerprint density at radius 3 is 2.33 bits per heavy atom. The van der Waals surface area contributed by atoms with Crippen molar-refractivity contribution in [3.8, 4) is 5.75 Å². The van der Waals surface area contributed by atoms with E-state index in [4.69, 9.17) is 4.74 Å². The van der Waals surface area contributed by atoms with Crippen LogP contribution < -0.4 is 15.4 Å². The third-order valence-electron chi connectivity index (χ3n) is 4.80. The van der Waals surface area contributed by atoms with Gasteiger partial charge in [-0.15, -0.1) is 0 Å². The number of ether oxygens (including phenoxy) is 1. The van der Waals surface area contributed by atoms with Crippen LogP contribution in [-0.4, -0.2) is 18.9 Å². The van der Waals surface area contributed by atoms with Gasteiger partial charge in [0.1, 0.15) is 5.75 Å². The van der Waals surface area contributed by atoms with Crippen molar-refractivity contribution in [1.29, 1.82) is 0 Å². The van der Waals surface area contributed by atoms with Gasteiger partial charge in [0, 0.05) is 18.0 Å². The fourth-order valence-corrected chi connectivity index (χ4v) is 2.89. The van der Waals surface area contributed by atoms with Gasteiger partial charge in [0.2, 0.25) is 11.8 Å². The topological polar surface area (TPSA) is 67.4 Å². The van der Waals surface area contributed by atoms with Crippen LogP contribution in [0.1, 0.15) is 43.4 Å². The minimum Gasteiger partial charge on any atom is -0.497 e. The normalized spacial score (nSPS) is 14.3. The van der Waals surface area contributed by atoms with Crippen molar-refractivity contribution in [3.05, 3.63) is 59.7 Å². The van der Waals surface area contributed by atoms with Gasteiger partial charge in [0.25, 0.3) is 0 Å². The highest BCUT2D eigenvalue weighted by Crippen LogP contribution is 2.30. The Labute approximate surface area is 160 Å². The third-order valence-corrected chi connectivity index (χ3v) is 4.80. The zero-order valence-corrected chi connectivity index (χ0v) is 15.8. The summed E-state index contributed by atoms with van der Waals surface area (Å²) < 4.78 is 5.14. The summed E-state index contributed by atoms with van der Waals surface area (Å²) in [6, 6.07) is 15.3. The van der Waals surface area contributed by atoms with E-state index in [0.717, 1.165) is 35.4 Å². The molecule has 2 N–H and O–H groups in total. The Morgan fingerprint density at radius 2 is 1.74 bits per heavy atom. The van der Waals surface area contributed by atoms with Crippen LogP contribution in [0.15, 0.2) is 48.5 Å². The number of hydrogen-bond acceptors (Lipinski definition) is 3. The highest BCUT2D eigenvalue weighted by Gasteiger charge is 2.29. The first kappa shape index (κ1) is 19.0. The molecule has 0 spiro atoms. The van der Waals surface area contributed by atoms with Crippen molar-refractivity contribution < 1.29 is 14.3 Å². The molecule has 0 bridgehead atoms. The smallest absolute Gasteiger partial charge is 0.227 e. The molecule has 0 saturated heterocycles. The molecule has 27 heavy (non-hydrogen) atoms. The molecule has 1 aliphatic carbocycles. The zero-order valence-electron chi connectivity index (χ0n) is 15.8. The third kappa shape index (κ3) is 5.58. The Kier molecular flexibility index (Phi) is 6.12. The van der Waals surface area contributed by atoms with Crippen molar-refractivity contribution in [2.24, 2.45) is 5.92 Å². The predicted octanol–water partition coefficient (Wildman–Crippen LogP) is 3.85. The summed E-state index contributed by atoms with van der Waals surface area (Å²) in [5.74, 6) is 1.12. The number of benzene rings is 2. The van der Waals surface area contributed by atoms with Crippen molar-refractivity contribution in [2.45, 2.75) is 38.6 Å². The molecule has 2 amide bonds. The molecule has 0 radical (unpaired) electrons. The van der Waals surface area contributed by atoms with Crippen LogP contribution >= 0.6 is 0 Å². The van der Waals surface area contributed by atoms with Crippen molar-refractivity contribution in [2.75, 3.05) is 12.4 Å². The average molecular weight is 366 g/mol. The van der Waals surface area contributed by atoms with Crippen molar-refractivity contribution in [1.82, 2.24) is 5.32 Å². The summed E-state index contributed by atoms with van der Waals surface area (Å²) in [5.41, 5.74) is 2.92. The van der Waals surface area contributed by atoms with E-state index in [9.17, 15) is 9.59 Å². The van der Waals surface area contributed by atoms with E-state index in [0.29, 0.717) is 12.8 Å². The van der Waals surface area contributed by atoms with Crippen LogP contribution in [0.5, 0.6) is 5.75 Å². The van der Waals surface area contributed by atoms with Gasteiger partial charge < -0.3 is 15.4 Å². The maximum Gasteiger partial charge on any atom is 0.227 e. The van der Waals surface area contributed by atoms with Gasteiger partial charge in [-0.2, -0.15) is 0 Å². The van der Waals surface area contributed by atoms with Gasteiger partial charge in [0.05, 0.1) is 13.2 Å². The SMILES string of the molecule is COc1ccc(CCC(=O)NC(C)c2ccc(NC(=O)C3CC3)cc2)cc1. The van der Waals surface area contributed by atoms with E-state index < -0.39 is 0 Å². The number of carbonyl (C=O) groups excluding carboxylic acids is 2. The van der Waals surface area contributed by atoms with Crippen LogP contribution in [-0.2, 0) is 16.0 Å². The first-order chi connectivity index (χ1) is 13.0. The van der Waals surface area contributed by atoms with E-state index in [1.807, 2.05) is 55.5 Å². The Hall–Kier alpha value is -2.82. The fraction of sp³-hybridized carbons (Fsp3) is 0.364. The predicted molar refractivity (Wildman–Crippen MR) is 106 cm³/mol. The van der Waals surface area contributed by atoms with Crippen LogP contribution in [0, 0.1) is 5.92 Å². The number of nitrogens with one attached hydrogen (secondary N) is 2. The van der Waals surface area contributed by atoms with Crippen molar-refractivity contribution in [3.63, 3.8) is 0 Å². The molecule has 1 unspecified atom stereocenters. The number of aryl methyl sites for hydroxylation is 1. The van der Waals surface area contributed by atoms with Gasteiger partial charge in [-0.25, -0.2) is 0 Å². The summed E-state index contributed by atoms with van der Waals surface area (Å²) in [5, 5.41) is 5.95. The molecular formula is C22H26N2O3. The molecule has 1 fully saturated rings. The largest absolute Gasteiger partial charge is 0.497 e. The molecule has 0 aliphatic heterocycles. The monoisotopic (exact) mass is 366 g/mol. The second kappa shape index (κ2) is 8.71. The summed E-state index contributed by atoms with van der Waals surface area (Å²) in [4.78, 5) is 24.0. The fourth-order valence-electron chi connectivity index (χ4n) is 2.89. The van der Waals surface area contributed by atoms with Crippen LogP contribution in [0.4, 0.5) is 5.69 Å². The quantitative estimate of drug-likeness (QED) is 0.746. The maximum atomic E-state index is 12.2. The first-order valence-corrected chi connectivity index (χ1v) is 9.38. The second-order valence-corrected chi connectivity index (χ2v) is 7.02. The molecule has 1 atom stereocenters. The molecule has 142 valence electrons. The number of anilines is 1. The lowest BCUT2D eigenvalue weighted by atomic mass is 10.1. The van der Waals surface area contributed by atoms with E-state index in [1.54, 1.807) is 7.11 Å². The van der Waals surface area contributed by atoms with Gasteiger partial charge in [-0.05, 0) is 61.6 Å². The summed E-state index contributed by atoms with van der Waals surface area (Å²) >= 11 is 0.